The first-order valence-electron chi connectivity index (χ1n) is 10.5. The Labute approximate surface area is 195 Å². The Bertz CT molecular complexity index is 1350. The Kier molecular flexibility index (Phi) is 6.48. The van der Waals surface area contributed by atoms with Crippen LogP contribution in [0.25, 0.3) is 21.3 Å². The number of amides is 1. The number of benzene rings is 2. The molecule has 0 spiro atoms. The molecule has 0 aliphatic carbocycles. The fourth-order valence-corrected chi connectivity index (χ4v) is 5.31. The molecule has 7 heteroatoms. The molecule has 0 radical (unpaired) electrons. The van der Waals surface area contributed by atoms with Crippen LogP contribution in [0.5, 0.6) is 0 Å². The molecule has 0 aliphatic rings. The maximum atomic E-state index is 13.1. The van der Waals surface area contributed by atoms with Crippen molar-refractivity contribution in [2.75, 3.05) is 11.1 Å². The SMILES string of the molecule is CCn1c(SCC(=O)Nc2cc(C)ccc2C)nc2c(-c3ccc(C)cc3)csc2c1=O. The van der Waals surface area contributed by atoms with Crippen LogP contribution in [0.2, 0.25) is 0 Å². The molecule has 5 nitrogen and oxygen atoms in total. The Hall–Kier alpha value is -2.90. The third-order valence-corrected chi connectivity index (χ3v) is 7.25. The molecule has 2 aromatic heterocycles. The molecule has 2 heterocycles. The molecule has 2 aromatic carbocycles. The maximum Gasteiger partial charge on any atom is 0.272 e. The number of fused-ring (bicyclic) bond motifs is 1. The van der Waals surface area contributed by atoms with E-state index in [4.69, 9.17) is 4.98 Å². The lowest BCUT2D eigenvalue weighted by Crippen LogP contribution is -2.23. The number of nitrogens with one attached hydrogen (secondary N) is 1. The molecule has 4 aromatic rings. The van der Waals surface area contributed by atoms with Gasteiger partial charge in [-0.25, -0.2) is 4.98 Å². The van der Waals surface area contributed by atoms with Gasteiger partial charge in [-0.3, -0.25) is 14.2 Å². The van der Waals surface area contributed by atoms with Crippen molar-refractivity contribution in [3.05, 3.63) is 74.9 Å². The summed E-state index contributed by atoms with van der Waals surface area (Å²) >= 11 is 2.71. The molecule has 0 aliphatic heterocycles. The molecule has 0 bridgehead atoms. The molecule has 0 atom stereocenters. The van der Waals surface area contributed by atoms with E-state index in [1.54, 1.807) is 4.57 Å². The lowest BCUT2D eigenvalue weighted by molar-refractivity contribution is -0.113. The Morgan fingerprint density at radius 3 is 2.53 bits per heavy atom. The topological polar surface area (TPSA) is 64.0 Å². The number of thioether (sulfide) groups is 1. The zero-order valence-corrected chi connectivity index (χ0v) is 20.2. The molecular weight excluding hydrogens is 438 g/mol. The second-order valence-corrected chi connectivity index (χ2v) is 9.61. The molecule has 4 rings (SSSR count). The van der Waals surface area contributed by atoms with Crippen molar-refractivity contribution < 1.29 is 4.79 Å². The predicted octanol–water partition coefficient (Wildman–Crippen LogP) is 5.80. The van der Waals surface area contributed by atoms with Gasteiger partial charge in [0.15, 0.2) is 5.16 Å². The summed E-state index contributed by atoms with van der Waals surface area (Å²) in [6.07, 6.45) is 0. The highest BCUT2D eigenvalue weighted by Gasteiger charge is 2.17. The second kappa shape index (κ2) is 9.30. The maximum absolute atomic E-state index is 13.1. The zero-order chi connectivity index (χ0) is 22.8. The van der Waals surface area contributed by atoms with E-state index in [-0.39, 0.29) is 17.2 Å². The van der Waals surface area contributed by atoms with Gasteiger partial charge < -0.3 is 5.32 Å². The van der Waals surface area contributed by atoms with Gasteiger partial charge >= 0.3 is 0 Å². The van der Waals surface area contributed by atoms with Gasteiger partial charge in [0.25, 0.3) is 5.56 Å². The van der Waals surface area contributed by atoms with Crippen LogP contribution in [0.3, 0.4) is 0 Å². The van der Waals surface area contributed by atoms with Gasteiger partial charge in [0.05, 0.1) is 11.3 Å². The number of carbonyl (C=O) groups excluding carboxylic acids is 1. The van der Waals surface area contributed by atoms with Crippen molar-refractivity contribution in [1.82, 2.24) is 9.55 Å². The summed E-state index contributed by atoms with van der Waals surface area (Å²) in [6.45, 7) is 8.43. The average Bonchev–Trinajstić information content (AvgIpc) is 3.20. The summed E-state index contributed by atoms with van der Waals surface area (Å²) in [5.41, 5.74) is 6.72. The van der Waals surface area contributed by atoms with Gasteiger partial charge in [0, 0.05) is 23.2 Å². The Morgan fingerprint density at radius 2 is 1.81 bits per heavy atom. The van der Waals surface area contributed by atoms with Gasteiger partial charge in [-0.2, -0.15) is 0 Å². The lowest BCUT2D eigenvalue weighted by atomic mass is 10.1. The van der Waals surface area contributed by atoms with Crippen LogP contribution in [-0.4, -0.2) is 21.2 Å². The molecule has 32 heavy (non-hydrogen) atoms. The summed E-state index contributed by atoms with van der Waals surface area (Å²) < 4.78 is 2.29. The van der Waals surface area contributed by atoms with Crippen LogP contribution in [0.4, 0.5) is 5.69 Å². The van der Waals surface area contributed by atoms with E-state index in [9.17, 15) is 9.59 Å². The summed E-state index contributed by atoms with van der Waals surface area (Å²) in [7, 11) is 0. The first-order chi connectivity index (χ1) is 15.4. The number of thiophene rings is 1. The average molecular weight is 464 g/mol. The standard InChI is InChI=1S/C25H25N3O2S2/c1-5-28-24(30)23-22(19(13-31-23)18-10-7-15(2)8-11-18)27-25(28)32-14-21(29)26-20-12-16(3)6-9-17(20)4/h6-13H,5,14H2,1-4H3,(H,26,29). The van der Waals surface area contributed by atoms with Gasteiger partial charge in [-0.15, -0.1) is 11.3 Å². The fraction of sp³-hybridized carbons (Fsp3) is 0.240. The van der Waals surface area contributed by atoms with Crippen LogP contribution in [0.15, 0.2) is 57.8 Å². The minimum Gasteiger partial charge on any atom is -0.325 e. The number of anilines is 1. The summed E-state index contributed by atoms with van der Waals surface area (Å²) in [5, 5.41) is 5.53. The van der Waals surface area contributed by atoms with E-state index < -0.39 is 0 Å². The quantitative estimate of drug-likeness (QED) is 0.290. The third-order valence-electron chi connectivity index (χ3n) is 5.32. The first-order valence-corrected chi connectivity index (χ1v) is 12.3. The highest BCUT2D eigenvalue weighted by molar-refractivity contribution is 7.99. The fourth-order valence-electron chi connectivity index (χ4n) is 3.49. The monoisotopic (exact) mass is 463 g/mol. The minimum atomic E-state index is -0.121. The van der Waals surface area contributed by atoms with Gasteiger partial charge in [-0.05, 0) is 50.5 Å². The highest BCUT2D eigenvalue weighted by Crippen LogP contribution is 2.32. The van der Waals surface area contributed by atoms with E-state index in [0.29, 0.717) is 21.9 Å². The summed E-state index contributed by atoms with van der Waals surface area (Å²) in [4.78, 5) is 30.6. The van der Waals surface area contributed by atoms with E-state index in [1.165, 1.54) is 28.7 Å². The molecule has 0 saturated carbocycles. The molecule has 0 unspecified atom stereocenters. The summed E-state index contributed by atoms with van der Waals surface area (Å²) in [5.74, 6) is 0.0553. The number of aromatic nitrogens is 2. The number of hydrogen-bond acceptors (Lipinski definition) is 5. The second-order valence-electron chi connectivity index (χ2n) is 7.79. The van der Waals surface area contributed by atoms with Crippen LogP contribution in [-0.2, 0) is 11.3 Å². The van der Waals surface area contributed by atoms with Crippen LogP contribution < -0.4 is 10.9 Å². The normalized spacial score (nSPS) is 11.1. The zero-order valence-electron chi connectivity index (χ0n) is 18.6. The highest BCUT2D eigenvalue weighted by atomic mass is 32.2. The number of hydrogen-bond donors (Lipinski definition) is 1. The van der Waals surface area contributed by atoms with E-state index in [2.05, 4.69) is 17.4 Å². The third kappa shape index (κ3) is 4.49. The van der Waals surface area contributed by atoms with E-state index in [1.807, 2.05) is 63.4 Å². The van der Waals surface area contributed by atoms with Crippen molar-refractivity contribution in [3.8, 4) is 11.1 Å². The lowest BCUT2D eigenvalue weighted by Gasteiger charge is -2.12. The van der Waals surface area contributed by atoms with Crippen LogP contribution in [0, 0.1) is 20.8 Å². The van der Waals surface area contributed by atoms with Crippen LogP contribution >= 0.6 is 23.1 Å². The Morgan fingerprint density at radius 1 is 1.09 bits per heavy atom. The van der Waals surface area contributed by atoms with E-state index >= 15 is 0 Å². The molecular formula is C25H25N3O2S2. The smallest absolute Gasteiger partial charge is 0.272 e. The van der Waals surface area contributed by atoms with E-state index in [0.717, 1.165) is 27.9 Å². The van der Waals surface area contributed by atoms with Crippen molar-refractivity contribution in [3.63, 3.8) is 0 Å². The molecule has 1 amide bonds. The van der Waals surface area contributed by atoms with Crippen molar-refractivity contribution in [2.24, 2.45) is 0 Å². The summed E-state index contributed by atoms with van der Waals surface area (Å²) in [6, 6.07) is 14.2. The largest absolute Gasteiger partial charge is 0.325 e. The van der Waals surface area contributed by atoms with Crippen molar-refractivity contribution in [2.45, 2.75) is 39.4 Å². The number of rotatable bonds is 6. The van der Waals surface area contributed by atoms with Crippen molar-refractivity contribution in [1.29, 1.82) is 0 Å². The van der Waals surface area contributed by atoms with Gasteiger partial charge in [0.1, 0.15) is 4.70 Å². The van der Waals surface area contributed by atoms with Crippen molar-refractivity contribution >= 4 is 44.9 Å². The number of carbonyl (C=O) groups is 1. The molecule has 0 fully saturated rings. The molecule has 0 saturated heterocycles. The van der Waals surface area contributed by atoms with Gasteiger partial charge in [0.2, 0.25) is 5.91 Å². The minimum absolute atomic E-state index is 0.0571. The van der Waals surface area contributed by atoms with Gasteiger partial charge in [-0.1, -0.05) is 53.7 Å². The number of aryl methyl sites for hydroxylation is 3. The number of nitrogens with zero attached hydrogens (tertiary/aromatic N) is 2. The first kappa shape index (κ1) is 22.3. The predicted molar refractivity (Wildman–Crippen MR) is 135 cm³/mol. The Balaban J connectivity index is 1.63. The molecule has 1 N–H and O–H groups in total. The van der Waals surface area contributed by atoms with Crippen LogP contribution in [0.1, 0.15) is 23.6 Å². The molecule has 164 valence electrons.